The number of aromatic hydroxyl groups is 1. The van der Waals surface area contributed by atoms with E-state index in [1.807, 2.05) is 0 Å². The smallest absolute Gasteiger partial charge is 0.294 e. The van der Waals surface area contributed by atoms with Crippen LogP contribution in [0.4, 0.5) is 11.5 Å². The van der Waals surface area contributed by atoms with Gasteiger partial charge >= 0.3 is 0 Å². The van der Waals surface area contributed by atoms with Gasteiger partial charge in [-0.1, -0.05) is 12.1 Å². The number of aromatic nitrogens is 4. The molecule has 0 saturated heterocycles. The molecule has 1 aliphatic rings. The normalized spacial score (nSPS) is 13.5. The van der Waals surface area contributed by atoms with Crippen molar-refractivity contribution in [1.82, 2.24) is 24.8 Å². The van der Waals surface area contributed by atoms with Gasteiger partial charge in [-0.15, -0.1) is 0 Å². The minimum atomic E-state index is -0.467. The second kappa shape index (κ2) is 8.90. The zero-order chi connectivity index (χ0) is 21.8. The van der Waals surface area contributed by atoms with Gasteiger partial charge in [0.15, 0.2) is 5.82 Å². The number of nitrogen functional groups attached to an aromatic ring is 1. The molecule has 4 rings (SSSR count). The molecule has 1 aliphatic carbocycles. The van der Waals surface area contributed by atoms with Crippen molar-refractivity contribution >= 4 is 17.4 Å². The second-order valence-electron chi connectivity index (χ2n) is 7.60. The number of carbonyl (C=O) groups excluding carboxylic acids is 1. The lowest BCUT2D eigenvalue weighted by Gasteiger charge is -2.27. The van der Waals surface area contributed by atoms with Crippen molar-refractivity contribution in [2.24, 2.45) is 0 Å². The van der Waals surface area contributed by atoms with Gasteiger partial charge in [-0.2, -0.15) is 4.98 Å². The first-order chi connectivity index (χ1) is 15.0. The van der Waals surface area contributed by atoms with E-state index in [1.165, 1.54) is 4.57 Å². The lowest BCUT2D eigenvalue weighted by atomic mass is 9.93. The van der Waals surface area contributed by atoms with Crippen LogP contribution in [0.3, 0.4) is 0 Å². The molecule has 0 atom stereocenters. The maximum absolute atomic E-state index is 13.2. The average Bonchev–Trinajstić information content (AvgIpc) is 3.21. The summed E-state index contributed by atoms with van der Waals surface area (Å²) in [6, 6.07) is 6.89. The zero-order valence-electron chi connectivity index (χ0n) is 17.0. The number of imidazole rings is 1. The summed E-state index contributed by atoms with van der Waals surface area (Å²) in [5.74, 6) is -0.649. The maximum Gasteiger partial charge on any atom is 0.294 e. The molecule has 1 fully saturated rings. The molecular weight excluding hydrogens is 398 g/mol. The highest BCUT2D eigenvalue weighted by atomic mass is 16.3. The summed E-state index contributed by atoms with van der Waals surface area (Å²) in [5.41, 5.74) is 7.43. The van der Waals surface area contributed by atoms with Gasteiger partial charge < -0.3 is 26.5 Å². The first kappa shape index (κ1) is 20.5. The van der Waals surface area contributed by atoms with E-state index in [4.69, 9.17) is 5.73 Å². The SMILES string of the molecule is Nc1cccc(-c2c(O)nc(NC3CCC3)c(=O)n2CC(=O)NCCc2cnc[nH]2)c1. The zero-order valence-corrected chi connectivity index (χ0v) is 17.0. The Morgan fingerprint density at radius 2 is 2.19 bits per heavy atom. The molecule has 0 unspecified atom stereocenters. The Morgan fingerprint density at radius 3 is 2.87 bits per heavy atom. The average molecular weight is 423 g/mol. The highest BCUT2D eigenvalue weighted by Crippen LogP contribution is 2.29. The summed E-state index contributed by atoms with van der Waals surface area (Å²) in [7, 11) is 0. The molecular formula is C21H25N7O3. The van der Waals surface area contributed by atoms with Crippen LogP contribution < -0.4 is 21.9 Å². The van der Waals surface area contributed by atoms with E-state index in [9.17, 15) is 14.7 Å². The number of hydrogen-bond donors (Lipinski definition) is 5. The molecule has 10 nitrogen and oxygen atoms in total. The Kier molecular flexibility index (Phi) is 5.87. The number of aromatic amines is 1. The van der Waals surface area contributed by atoms with Crippen molar-refractivity contribution in [1.29, 1.82) is 0 Å². The topological polar surface area (TPSA) is 151 Å². The number of nitrogens with one attached hydrogen (secondary N) is 3. The summed E-state index contributed by atoms with van der Waals surface area (Å²) in [4.78, 5) is 36.8. The van der Waals surface area contributed by atoms with E-state index in [-0.39, 0.29) is 35.9 Å². The standard InChI is InChI=1S/C21H25N7O3/c22-14-4-1-3-13(9-14)18-20(30)27-19(26-15-5-2-6-15)21(31)28(18)11-17(29)24-8-7-16-10-23-12-25-16/h1,3-4,9-10,12,15,30H,2,5-8,11,22H2,(H,23,25)(H,24,29)(H,26,27). The van der Waals surface area contributed by atoms with Gasteiger partial charge in [-0.3, -0.25) is 14.2 Å². The Labute approximate surface area is 178 Å². The number of anilines is 2. The van der Waals surface area contributed by atoms with Crippen LogP contribution in [0.2, 0.25) is 0 Å². The number of carbonyl (C=O) groups is 1. The number of amides is 1. The first-order valence-corrected chi connectivity index (χ1v) is 10.2. The van der Waals surface area contributed by atoms with Crippen molar-refractivity contribution in [3.63, 3.8) is 0 Å². The van der Waals surface area contributed by atoms with E-state index in [2.05, 4.69) is 25.6 Å². The highest BCUT2D eigenvalue weighted by molar-refractivity contribution is 5.78. The van der Waals surface area contributed by atoms with Crippen molar-refractivity contribution in [3.05, 3.63) is 52.8 Å². The molecule has 0 radical (unpaired) electrons. The Morgan fingerprint density at radius 1 is 1.35 bits per heavy atom. The number of nitrogens with two attached hydrogens (primary N) is 1. The molecule has 2 aromatic heterocycles. The molecule has 31 heavy (non-hydrogen) atoms. The van der Waals surface area contributed by atoms with Gasteiger partial charge in [0.25, 0.3) is 5.56 Å². The van der Waals surface area contributed by atoms with Gasteiger partial charge in [-0.25, -0.2) is 4.98 Å². The van der Waals surface area contributed by atoms with Gasteiger partial charge in [0, 0.05) is 42.1 Å². The second-order valence-corrected chi connectivity index (χ2v) is 7.60. The molecule has 0 bridgehead atoms. The number of H-pyrrole nitrogens is 1. The fourth-order valence-corrected chi connectivity index (χ4v) is 3.48. The summed E-state index contributed by atoms with van der Waals surface area (Å²) in [5, 5.41) is 16.5. The fourth-order valence-electron chi connectivity index (χ4n) is 3.48. The summed E-state index contributed by atoms with van der Waals surface area (Å²) >= 11 is 0. The molecule has 1 amide bonds. The predicted octanol–water partition coefficient (Wildman–Crippen LogP) is 1.24. The van der Waals surface area contributed by atoms with Crippen molar-refractivity contribution in [3.8, 4) is 17.1 Å². The monoisotopic (exact) mass is 423 g/mol. The van der Waals surface area contributed by atoms with Crippen LogP contribution >= 0.6 is 0 Å². The number of rotatable bonds is 8. The van der Waals surface area contributed by atoms with E-state index in [0.29, 0.717) is 24.2 Å². The van der Waals surface area contributed by atoms with E-state index < -0.39 is 5.56 Å². The van der Waals surface area contributed by atoms with Crippen LogP contribution in [0, 0.1) is 0 Å². The van der Waals surface area contributed by atoms with Crippen LogP contribution in [0.25, 0.3) is 11.3 Å². The third-order valence-electron chi connectivity index (χ3n) is 5.33. The quantitative estimate of drug-likeness (QED) is 0.342. The molecule has 6 N–H and O–H groups in total. The van der Waals surface area contributed by atoms with Crippen molar-refractivity contribution < 1.29 is 9.90 Å². The first-order valence-electron chi connectivity index (χ1n) is 10.2. The fraction of sp³-hybridized carbons (Fsp3) is 0.333. The van der Waals surface area contributed by atoms with Gasteiger partial charge in [-0.05, 0) is 31.4 Å². The highest BCUT2D eigenvalue weighted by Gasteiger charge is 2.24. The Balaban J connectivity index is 1.62. The Bertz CT molecular complexity index is 1120. The van der Waals surface area contributed by atoms with Crippen molar-refractivity contribution in [2.45, 2.75) is 38.3 Å². The van der Waals surface area contributed by atoms with E-state index in [0.717, 1.165) is 25.0 Å². The van der Waals surface area contributed by atoms with Crippen LogP contribution in [-0.2, 0) is 17.8 Å². The Hall–Kier alpha value is -3.82. The van der Waals surface area contributed by atoms with Crippen LogP contribution in [0.15, 0.2) is 41.6 Å². The molecule has 10 heteroatoms. The van der Waals surface area contributed by atoms with Crippen LogP contribution in [0.5, 0.6) is 5.88 Å². The largest absolute Gasteiger partial charge is 0.492 e. The van der Waals surface area contributed by atoms with Gasteiger partial charge in [0.2, 0.25) is 11.8 Å². The minimum absolute atomic E-state index is 0.0418. The molecule has 0 spiro atoms. The molecule has 0 aliphatic heterocycles. The van der Waals surface area contributed by atoms with Crippen LogP contribution in [0.1, 0.15) is 25.0 Å². The summed E-state index contributed by atoms with van der Waals surface area (Å²) in [6.45, 7) is 0.120. The van der Waals surface area contributed by atoms with Crippen molar-refractivity contribution in [2.75, 3.05) is 17.6 Å². The van der Waals surface area contributed by atoms with Gasteiger partial charge in [0.05, 0.1) is 6.33 Å². The molecule has 3 aromatic rings. The van der Waals surface area contributed by atoms with E-state index in [1.54, 1.807) is 36.8 Å². The third-order valence-corrected chi connectivity index (χ3v) is 5.33. The predicted molar refractivity (Wildman–Crippen MR) is 117 cm³/mol. The molecule has 1 aromatic carbocycles. The molecule has 162 valence electrons. The van der Waals surface area contributed by atoms with Gasteiger partial charge in [0.1, 0.15) is 12.2 Å². The maximum atomic E-state index is 13.2. The van der Waals surface area contributed by atoms with Crippen LogP contribution in [-0.4, -0.2) is 43.1 Å². The number of hydrogen-bond acceptors (Lipinski definition) is 7. The molecule has 2 heterocycles. The van der Waals surface area contributed by atoms with E-state index >= 15 is 0 Å². The summed E-state index contributed by atoms with van der Waals surface area (Å²) < 4.78 is 1.24. The molecule has 1 saturated carbocycles. The lowest BCUT2D eigenvalue weighted by Crippen LogP contribution is -2.37. The number of nitrogens with zero attached hydrogens (tertiary/aromatic N) is 3. The minimum Gasteiger partial charge on any atom is -0.492 e. The lowest BCUT2D eigenvalue weighted by molar-refractivity contribution is -0.121. The number of benzene rings is 1. The third kappa shape index (κ3) is 4.68. The summed E-state index contributed by atoms with van der Waals surface area (Å²) in [6.07, 6.45) is 6.80.